The zero-order chi connectivity index (χ0) is 14.7. The Morgan fingerprint density at radius 1 is 1.21 bits per heavy atom. The summed E-state index contributed by atoms with van der Waals surface area (Å²) in [4.78, 5) is 12.0. The number of carbonyl (C=O) groups is 1. The summed E-state index contributed by atoms with van der Waals surface area (Å²) >= 11 is 0. The maximum atomic E-state index is 12.0. The number of rotatable bonds is 4. The van der Waals surface area contributed by atoms with Gasteiger partial charge >= 0.3 is 0 Å². The molecule has 0 radical (unpaired) electrons. The summed E-state index contributed by atoms with van der Waals surface area (Å²) in [6, 6.07) is 0. The Kier molecular flexibility index (Phi) is 5.01. The average Bonchev–Trinajstić information content (AvgIpc) is 2.28. The minimum atomic E-state index is -3.20. The van der Waals surface area contributed by atoms with Gasteiger partial charge in [-0.2, -0.15) is 0 Å². The third-order valence-corrected chi connectivity index (χ3v) is 6.39. The minimum Gasteiger partial charge on any atom is -0.353 e. The minimum absolute atomic E-state index is 0.0433. The molecule has 0 aliphatic heterocycles. The molecule has 1 aliphatic rings. The van der Waals surface area contributed by atoms with E-state index in [4.69, 9.17) is 5.73 Å². The van der Waals surface area contributed by atoms with E-state index in [2.05, 4.69) is 5.32 Å². The quantitative estimate of drug-likeness (QED) is 0.807. The molecule has 1 saturated carbocycles. The van der Waals surface area contributed by atoms with Gasteiger partial charge in [0.15, 0.2) is 9.84 Å². The third-order valence-electron chi connectivity index (χ3n) is 3.79. The molecule has 0 atom stereocenters. The molecule has 19 heavy (non-hydrogen) atoms. The summed E-state index contributed by atoms with van der Waals surface area (Å²) in [7, 11) is -3.20. The van der Waals surface area contributed by atoms with Crippen LogP contribution in [0.1, 0.15) is 52.9 Å². The lowest BCUT2D eigenvalue weighted by atomic mass is 9.82. The molecule has 5 nitrogen and oxygen atoms in total. The number of hydrogen-bond acceptors (Lipinski definition) is 4. The number of amides is 1. The van der Waals surface area contributed by atoms with Crippen molar-refractivity contribution < 1.29 is 13.2 Å². The molecule has 0 aromatic heterocycles. The van der Waals surface area contributed by atoms with Crippen LogP contribution in [0.4, 0.5) is 0 Å². The highest BCUT2D eigenvalue weighted by atomic mass is 32.2. The summed E-state index contributed by atoms with van der Waals surface area (Å²) in [5, 5.41) is 2.68. The Labute approximate surface area is 116 Å². The molecule has 0 heterocycles. The molecule has 112 valence electrons. The summed E-state index contributed by atoms with van der Waals surface area (Å²) in [5.41, 5.74) is 5.27. The van der Waals surface area contributed by atoms with Crippen LogP contribution >= 0.6 is 0 Å². The van der Waals surface area contributed by atoms with Crippen molar-refractivity contribution in [3.05, 3.63) is 0 Å². The van der Waals surface area contributed by atoms with Gasteiger partial charge in [-0.1, -0.05) is 19.3 Å². The molecule has 0 aromatic carbocycles. The van der Waals surface area contributed by atoms with Crippen LogP contribution < -0.4 is 11.1 Å². The highest BCUT2D eigenvalue weighted by Gasteiger charge is 2.35. The maximum absolute atomic E-state index is 12.0. The standard InChI is InChI=1S/C13H26N2O3S/c1-12(2,3)19(17,18)10-9-15-11(16)13(14)7-5-4-6-8-13/h4-10,14H2,1-3H3,(H,15,16). The highest BCUT2D eigenvalue weighted by molar-refractivity contribution is 7.92. The molecule has 1 amide bonds. The van der Waals surface area contributed by atoms with Gasteiger partial charge in [0.1, 0.15) is 0 Å². The van der Waals surface area contributed by atoms with E-state index >= 15 is 0 Å². The number of sulfone groups is 1. The fourth-order valence-electron chi connectivity index (χ4n) is 2.19. The molecule has 1 fully saturated rings. The van der Waals surface area contributed by atoms with Crippen molar-refractivity contribution in [3.8, 4) is 0 Å². The predicted molar refractivity (Wildman–Crippen MR) is 76.6 cm³/mol. The summed E-state index contributed by atoms with van der Waals surface area (Å²) < 4.78 is 23.0. The molecule has 0 unspecified atom stereocenters. The third kappa shape index (κ3) is 4.18. The lowest BCUT2D eigenvalue weighted by molar-refractivity contribution is -0.127. The Morgan fingerprint density at radius 2 is 1.74 bits per heavy atom. The Morgan fingerprint density at radius 3 is 2.21 bits per heavy atom. The Hall–Kier alpha value is -0.620. The summed E-state index contributed by atoms with van der Waals surface area (Å²) in [6.07, 6.45) is 4.41. The number of hydrogen-bond donors (Lipinski definition) is 2. The van der Waals surface area contributed by atoms with Gasteiger partial charge in [0.25, 0.3) is 0 Å². The van der Waals surface area contributed by atoms with Gasteiger partial charge in [-0.05, 0) is 33.6 Å². The van der Waals surface area contributed by atoms with Crippen molar-refractivity contribution in [1.29, 1.82) is 0 Å². The predicted octanol–water partition coefficient (Wildman–Crippen LogP) is 0.978. The van der Waals surface area contributed by atoms with Crippen molar-refractivity contribution in [1.82, 2.24) is 5.32 Å². The molecule has 0 spiro atoms. The van der Waals surface area contributed by atoms with Crippen molar-refractivity contribution in [2.24, 2.45) is 5.73 Å². The van der Waals surface area contributed by atoms with Crippen LogP contribution in [0.2, 0.25) is 0 Å². The van der Waals surface area contributed by atoms with E-state index in [-0.39, 0.29) is 18.2 Å². The molecular weight excluding hydrogens is 264 g/mol. The number of carbonyl (C=O) groups excluding carboxylic acids is 1. The van der Waals surface area contributed by atoms with Gasteiger partial charge in [-0.3, -0.25) is 4.79 Å². The van der Waals surface area contributed by atoms with Gasteiger partial charge < -0.3 is 11.1 Å². The van der Waals surface area contributed by atoms with Crippen molar-refractivity contribution in [2.45, 2.75) is 63.2 Å². The van der Waals surface area contributed by atoms with E-state index in [0.29, 0.717) is 12.8 Å². The van der Waals surface area contributed by atoms with Crippen molar-refractivity contribution in [3.63, 3.8) is 0 Å². The van der Waals surface area contributed by atoms with E-state index in [1.54, 1.807) is 20.8 Å². The van der Waals surface area contributed by atoms with Gasteiger partial charge in [0.05, 0.1) is 16.0 Å². The second kappa shape index (κ2) is 5.79. The van der Waals surface area contributed by atoms with E-state index in [1.165, 1.54) is 0 Å². The monoisotopic (exact) mass is 290 g/mol. The van der Waals surface area contributed by atoms with Crippen molar-refractivity contribution in [2.75, 3.05) is 12.3 Å². The van der Waals surface area contributed by atoms with E-state index in [1.807, 2.05) is 0 Å². The molecule has 1 aliphatic carbocycles. The van der Waals surface area contributed by atoms with Crippen LogP contribution in [-0.2, 0) is 14.6 Å². The molecule has 0 saturated heterocycles. The Bertz CT molecular complexity index is 418. The Balaban J connectivity index is 2.47. The van der Waals surface area contributed by atoms with Gasteiger partial charge in [0, 0.05) is 6.54 Å². The fourth-order valence-corrected chi connectivity index (χ4v) is 3.17. The first-order valence-corrected chi connectivity index (χ1v) is 8.53. The largest absolute Gasteiger partial charge is 0.353 e. The molecular formula is C13H26N2O3S. The zero-order valence-corrected chi connectivity index (χ0v) is 13.0. The maximum Gasteiger partial charge on any atom is 0.240 e. The highest BCUT2D eigenvalue weighted by Crippen LogP contribution is 2.25. The topological polar surface area (TPSA) is 89.3 Å². The smallest absolute Gasteiger partial charge is 0.240 e. The zero-order valence-electron chi connectivity index (χ0n) is 12.2. The number of nitrogens with one attached hydrogen (secondary N) is 1. The van der Waals surface area contributed by atoms with E-state index < -0.39 is 20.1 Å². The molecule has 6 heteroatoms. The van der Waals surface area contributed by atoms with Crippen LogP contribution in [0.15, 0.2) is 0 Å². The molecule has 1 rings (SSSR count). The SMILES string of the molecule is CC(C)(C)S(=O)(=O)CCNC(=O)C1(N)CCCCC1. The second-order valence-electron chi connectivity index (χ2n) is 6.40. The molecule has 0 bridgehead atoms. The number of nitrogens with two attached hydrogens (primary N) is 1. The van der Waals surface area contributed by atoms with Crippen LogP contribution in [0.3, 0.4) is 0 Å². The summed E-state index contributed by atoms with van der Waals surface area (Å²) in [6.45, 7) is 5.12. The van der Waals surface area contributed by atoms with Gasteiger partial charge in [-0.25, -0.2) is 8.42 Å². The second-order valence-corrected chi connectivity index (χ2v) is 9.27. The molecule has 3 N–H and O–H groups in total. The normalized spacial score (nSPS) is 20.0. The van der Waals surface area contributed by atoms with E-state index in [9.17, 15) is 13.2 Å². The van der Waals surface area contributed by atoms with Crippen LogP contribution in [0.25, 0.3) is 0 Å². The summed E-state index contributed by atoms with van der Waals surface area (Å²) in [5.74, 6) is -0.255. The van der Waals surface area contributed by atoms with Crippen LogP contribution in [-0.4, -0.2) is 36.9 Å². The van der Waals surface area contributed by atoms with Crippen LogP contribution in [0, 0.1) is 0 Å². The average molecular weight is 290 g/mol. The van der Waals surface area contributed by atoms with E-state index in [0.717, 1.165) is 19.3 Å². The van der Waals surface area contributed by atoms with Gasteiger partial charge in [0.2, 0.25) is 5.91 Å². The first kappa shape index (κ1) is 16.4. The molecule has 0 aromatic rings. The van der Waals surface area contributed by atoms with Crippen LogP contribution in [0.5, 0.6) is 0 Å². The van der Waals surface area contributed by atoms with Gasteiger partial charge in [-0.15, -0.1) is 0 Å². The fraction of sp³-hybridized carbons (Fsp3) is 0.923. The first-order chi connectivity index (χ1) is 8.58. The van der Waals surface area contributed by atoms with Crippen molar-refractivity contribution >= 4 is 15.7 Å². The lowest BCUT2D eigenvalue weighted by Crippen LogP contribution is -2.55. The lowest BCUT2D eigenvalue weighted by Gasteiger charge is -2.32. The first-order valence-electron chi connectivity index (χ1n) is 6.88.